The van der Waals surface area contributed by atoms with Crippen LogP contribution in [-0.2, 0) is 6.54 Å². The number of carboxylic acids is 1. The fourth-order valence-corrected chi connectivity index (χ4v) is 3.63. The highest BCUT2D eigenvalue weighted by Crippen LogP contribution is 2.28. The molecule has 0 atom stereocenters. The van der Waals surface area contributed by atoms with Crippen LogP contribution in [0.2, 0.25) is 10.0 Å². The monoisotopic (exact) mass is 395 g/mol. The number of aromatic carboxylic acids is 1. The lowest BCUT2D eigenvalue weighted by atomic mass is 10.0. The Bertz CT molecular complexity index is 1160. The Morgan fingerprint density at radius 2 is 1.74 bits per heavy atom. The van der Waals surface area contributed by atoms with Gasteiger partial charge in [0.25, 0.3) is 0 Å². The summed E-state index contributed by atoms with van der Waals surface area (Å²) < 4.78 is 2.12. The molecule has 0 bridgehead atoms. The molecule has 0 aliphatic rings. The van der Waals surface area contributed by atoms with E-state index in [1.54, 1.807) is 24.3 Å². The van der Waals surface area contributed by atoms with E-state index in [1.165, 1.54) is 0 Å². The van der Waals surface area contributed by atoms with Gasteiger partial charge in [-0.1, -0.05) is 53.5 Å². The van der Waals surface area contributed by atoms with Gasteiger partial charge in [0.05, 0.1) is 5.56 Å². The first kappa shape index (κ1) is 17.7. The van der Waals surface area contributed by atoms with Crippen molar-refractivity contribution in [2.45, 2.75) is 6.54 Å². The number of carboxylic acid groups (broad SMARTS) is 1. The zero-order valence-corrected chi connectivity index (χ0v) is 15.7. The third-order valence-corrected chi connectivity index (χ3v) is 5.16. The molecule has 0 fully saturated rings. The van der Waals surface area contributed by atoms with Crippen LogP contribution in [0.25, 0.3) is 22.0 Å². The first-order valence-corrected chi connectivity index (χ1v) is 9.13. The van der Waals surface area contributed by atoms with Gasteiger partial charge in [0.2, 0.25) is 0 Å². The number of rotatable bonds is 4. The molecule has 3 aromatic carbocycles. The van der Waals surface area contributed by atoms with Gasteiger partial charge in [0, 0.05) is 28.3 Å². The van der Waals surface area contributed by atoms with Crippen molar-refractivity contribution in [2.75, 3.05) is 0 Å². The molecule has 1 aromatic heterocycles. The Balaban J connectivity index is 1.75. The van der Waals surface area contributed by atoms with E-state index in [9.17, 15) is 9.90 Å². The van der Waals surface area contributed by atoms with Crippen molar-refractivity contribution in [3.05, 3.63) is 94.1 Å². The Labute approximate surface area is 166 Å². The van der Waals surface area contributed by atoms with Crippen LogP contribution in [0.15, 0.2) is 72.9 Å². The number of aromatic nitrogens is 1. The molecular formula is C22H15Cl2NO2. The highest BCUT2D eigenvalue weighted by atomic mass is 35.5. The van der Waals surface area contributed by atoms with Crippen LogP contribution >= 0.6 is 23.2 Å². The third kappa shape index (κ3) is 3.57. The van der Waals surface area contributed by atoms with E-state index in [4.69, 9.17) is 23.2 Å². The third-order valence-electron chi connectivity index (χ3n) is 4.57. The molecule has 0 aliphatic carbocycles. The maximum Gasteiger partial charge on any atom is 0.335 e. The molecule has 0 spiro atoms. The second kappa shape index (κ2) is 7.10. The zero-order valence-electron chi connectivity index (χ0n) is 14.2. The maximum atomic E-state index is 11.2. The van der Waals surface area contributed by atoms with E-state index < -0.39 is 5.97 Å². The maximum absolute atomic E-state index is 11.2. The molecule has 0 amide bonds. The highest BCUT2D eigenvalue weighted by molar-refractivity contribution is 6.35. The Morgan fingerprint density at radius 3 is 2.52 bits per heavy atom. The fraction of sp³-hybridized carbons (Fsp3) is 0.0455. The molecule has 27 heavy (non-hydrogen) atoms. The lowest BCUT2D eigenvalue weighted by Gasteiger charge is -2.10. The number of carbonyl (C=O) groups is 1. The summed E-state index contributed by atoms with van der Waals surface area (Å²) in [5.41, 5.74) is 4.15. The van der Waals surface area contributed by atoms with Crippen molar-refractivity contribution < 1.29 is 9.90 Å². The summed E-state index contributed by atoms with van der Waals surface area (Å²) in [6.45, 7) is 0.623. The summed E-state index contributed by atoms with van der Waals surface area (Å²) in [5, 5.41) is 11.6. The summed E-state index contributed by atoms with van der Waals surface area (Å²) in [7, 11) is 0. The van der Waals surface area contributed by atoms with Gasteiger partial charge in [-0.05, 0) is 58.5 Å². The lowest BCUT2D eigenvalue weighted by Crippen LogP contribution is -1.99. The van der Waals surface area contributed by atoms with Crippen molar-refractivity contribution in [3.63, 3.8) is 0 Å². The van der Waals surface area contributed by atoms with Crippen molar-refractivity contribution in [2.24, 2.45) is 0 Å². The molecule has 4 rings (SSSR count). The van der Waals surface area contributed by atoms with Crippen LogP contribution in [-0.4, -0.2) is 15.6 Å². The summed E-state index contributed by atoms with van der Waals surface area (Å²) >= 11 is 12.3. The molecule has 0 saturated heterocycles. The number of benzene rings is 3. The number of fused-ring (bicyclic) bond motifs is 1. The average Bonchev–Trinajstić information content (AvgIpc) is 3.06. The number of halogens is 2. The van der Waals surface area contributed by atoms with E-state index in [2.05, 4.69) is 16.7 Å². The zero-order chi connectivity index (χ0) is 19.0. The molecule has 1 heterocycles. The molecule has 4 aromatic rings. The van der Waals surface area contributed by atoms with Crippen LogP contribution in [0.3, 0.4) is 0 Å². The first-order chi connectivity index (χ1) is 13.0. The molecule has 0 radical (unpaired) electrons. The van der Waals surface area contributed by atoms with E-state index in [-0.39, 0.29) is 5.56 Å². The van der Waals surface area contributed by atoms with Crippen molar-refractivity contribution in [1.29, 1.82) is 0 Å². The fourth-order valence-electron chi connectivity index (χ4n) is 3.17. The van der Waals surface area contributed by atoms with Gasteiger partial charge >= 0.3 is 5.97 Å². The standard InChI is InChI=1S/C22H15Cl2NO2/c23-19-7-6-18(20(24)12-19)13-25-9-8-14-4-5-16(11-21(14)25)15-2-1-3-17(10-15)22(26)27/h1-12H,13H2,(H,26,27). The lowest BCUT2D eigenvalue weighted by molar-refractivity contribution is 0.0697. The molecule has 5 heteroatoms. The van der Waals surface area contributed by atoms with Gasteiger partial charge in [0.15, 0.2) is 0 Å². The Morgan fingerprint density at radius 1 is 0.926 bits per heavy atom. The predicted octanol–water partition coefficient (Wildman–Crippen LogP) is 6.36. The van der Waals surface area contributed by atoms with Gasteiger partial charge in [-0.3, -0.25) is 0 Å². The van der Waals surface area contributed by atoms with Crippen LogP contribution in [0.4, 0.5) is 0 Å². The minimum atomic E-state index is -0.932. The SMILES string of the molecule is O=C(O)c1cccc(-c2ccc3ccn(Cc4ccc(Cl)cc4Cl)c3c2)c1. The molecule has 0 aliphatic heterocycles. The van der Waals surface area contributed by atoms with Crippen molar-refractivity contribution in [1.82, 2.24) is 4.57 Å². The molecule has 0 unspecified atom stereocenters. The van der Waals surface area contributed by atoms with E-state index >= 15 is 0 Å². The normalized spacial score (nSPS) is 11.0. The van der Waals surface area contributed by atoms with E-state index in [0.29, 0.717) is 16.6 Å². The largest absolute Gasteiger partial charge is 0.478 e. The molecule has 3 nitrogen and oxygen atoms in total. The van der Waals surface area contributed by atoms with Crippen molar-refractivity contribution in [3.8, 4) is 11.1 Å². The topological polar surface area (TPSA) is 42.2 Å². The minimum Gasteiger partial charge on any atom is -0.478 e. The average molecular weight is 396 g/mol. The van der Waals surface area contributed by atoms with Gasteiger partial charge < -0.3 is 9.67 Å². The quantitative estimate of drug-likeness (QED) is 0.436. The van der Waals surface area contributed by atoms with Gasteiger partial charge in [-0.2, -0.15) is 0 Å². The van der Waals surface area contributed by atoms with Crippen LogP contribution in [0.1, 0.15) is 15.9 Å². The van der Waals surface area contributed by atoms with E-state index in [0.717, 1.165) is 27.6 Å². The molecule has 134 valence electrons. The van der Waals surface area contributed by atoms with E-state index in [1.807, 2.05) is 36.5 Å². The Kier molecular flexibility index (Phi) is 4.65. The summed E-state index contributed by atoms with van der Waals surface area (Å²) in [4.78, 5) is 11.2. The van der Waals surface area contributed by atoms with Crippen LogP contribution in [0, 0.1) is 0 Å². The smallest absolute Gasteiger partial charge is 0.335 e. The Hall–Kier alpha value is -2.75. The number of hydrogen-bond acceptors (Lipinski definition) is 1. The van der Waals surface area contributed by atoms with Gasteiger partial charge in [0.1, 0.15) is 0 Å². The highest BCUT2D eigenvalue weighted by Gasteiger charge is 2.09. The van der Waals surface area contributed by atoms with Crippen LogP contribution < -0.4 is 0 Å². The summed E-state index contributed by atoms with van der Waals surface area (Å²) in [5.74, 6) is -0.932. The van der Waals surface area contributed by atoms with Crippen molar-refractivity contribution >= 4 is 40.1 Å². The molecule has 0 saturated carbocycles. The number of nitrogens with zero attached hydrogens (tertiary/aromatic N) is 1. The minimum absolute atomic E-state index is 0.274. The summed E-state index contributed by atoms with van der Waals surface area (Å²) in [6, 6.07) is 20.6. The predicted molar refractivity (Wildman–Crippen MR) is 110 cm³/mol. The number of hydrogen-bond donors (Lipinski definition) is 1. The first-order valence-electron chi connectivity index (χ1n) is 8.38. The van der Waals surface area contributed by atoms with Crippen LogP contribution in [0.5, 0.6) is 0 Å². The molecular weight excluding hydrogens is 381 g/mol. The second-order valence-electron chi connectivity index (χ2n) is 6.34. The van der Waals surface area contributed by atoms with Gasteiger partial charge in [-0.25, -0.2) is 4.79 Å². The second-order valence-corrected chi connectivity index (χ2v) is 7.18. The molecule has 1 N–H and O–H groups in total. The van der Waals surface area contributed by atoms with Gasteiger partial charge in [-0.15, -0.1) is 0 Å². The summed E-state index contributed by atoms with van der Waals surface area (Å²) in [6.07, 6.45) is 2.02.